The van der Waals surface area contributed by atoms with Gasteiger partial charge in [-0.3, -0.25) is 0 Å². The summed E-state index contributed by atoms with van der Waals surface area (Å²) in [6.45, 7) is 7.01. The fourth-order valence-electron chi connectivity index (χ4n) is 2.19. The van der Waals surface area contributed by atoms with Crippen molar-refractivity contribution in [2.45, 2.75) is 44.5 Å². The Morgan fingerprint density at radius 3 is 2.63 bits per heavy atom. The Morgan fingerprint density at radius 2 is 2.11 bits per heavy atom. The van der Waals surface area contributed by atoms with Crippen molar-refractivity contribution in [3.8, 4) is 0 Å². The Bertz CT molecular complexity index is 452. The summed E-state index contributed by atoms with van der Waals surface area (Å²) in [7, 11) is 0. The topological polar surface area (TPSA) is 70.1 Å². The van der Waals surface area contributed by atoms with Crippen molar-refractivity contribution in [2.24, 2.45) is 5.41 Å². The molecule has 0 aliphatic heterocycles. The van der Waals surface area contributed by atoms with Crippen LogP contribution < -0.4 is 10.6 Å². The summed E-state index contributed by atoms with van der Waals surface area (Å²) in [4.78, 5) is 8.86. The monoisotopic (exact) mass is 282 g/mol. The largest absolute Gasteiger partial charge is 0.392 e. The molecule has 1 aromatic rings. The van der Waals surface area contributed by atoms with E-state index < -0.39 is 0 Å². The molecule has 2 rings (SSSR count). The van der Waals surface area contributed by atoms with E-state index in [4.69, 9.17) is 0 Å². The first-order chi connectivity index (χ1) is 8.97. The molecule has 0 spiro atoms. The van der Waals surface area contributed by atoms with Crippen LogP contribution >= 0.6 is 11.8 Å². The van der Waals surface area contributed by atoms with Crippen LogP contribution in [0.4, 0.5) is 11.6 Å². The second kappa shape index (κ2) is 5.54. The average molecular weight is 282 g/mol. The minimum Gasteiger partial charge on any atom is -0.392 e. The molecule has 1 aliphatic carbocycles. The first-order valence-electron chi connectivity index (χ1n) is 6.59. The second-order valence-electron chi connectivity index (χ2n) is 5.43. The van der Waals surface area contributed by atoms with E-state index in [-0.39, 0.29) is 17.6 Å². The fourth-order valence-corrected chi connectivity index (χ4v) is 2.57. The Morgan fingerprint density at radius 1 is 1.42 bits per heavy atom. The molecule has 0 amide bonds. The number of aliphatic hydroxyl groups is 1. The summed E-state index contributed by atoms with van der Waals surface area (Å²) in [5.41, 5.74) is -0.108. The predicted octanol–water partition coefficient (Wildman–Crippen LogP) is 2.20. The van der Waals surface area contributed by atoms with Gasteiger partial charge < -0.3 is 15.7 Å². The molecule has 0 bridgehead atoms. The lowest BCUT2D eigenvalue weighted by Crippen LogP contribution is -2.57. The van der Waals surface area contributed by atoms with Crippen molar-refractivity contribution < 1.29 is 5.11 Å². The molecule has 1 saturated carbocycles. The van der Waals surface area contributed by atoms with E-state index in [0.717, 1.165) is 29.8 Å². The van der Waals surface area contributed by atoms with Gasteiger partial charge in [-0.1, -0.05) is 25.6 Å². The zero-order chi connectivity index (χ0) is 14.0. The van der Waals surface area contributed by atoms with Crippen molar-refractivity contribution in [1.82, 2.24) is 9.97 Å². The van der Waals surface area contributed by atoms with E-state index in [2.05, 4.69) is 34.4 Å². The van der Waals surface area contributed by atoms with Gasteiger partial charge in [0, 0.05) is 24.1 Å². The maximum atomic E-state index is 9.77. The normalized spacial score (nSPS) is 24.7. The second-order valence-corrected chi connectivity index (χ2v) is 6.20. The molecule has 2 unspecified atom stereocenters. The number of nitrogens with one attached hydrogen (secondary N) is 2. The van der Waals surface area contributed by atoms with E-state index in [1.54, 1.807) is 0 Å². The summed E-state index contributed by atoms with van der Waals surface area (Å²) in [5, 5.41) is 17.1. The van der Waals surface area contributed by atoms with Crippen molar-refractivity contribution in [2.75, 3.05) is 23.4 Å². The van der Waals surface area contributed by atoms with Crippen LogP contribution in [0.25, 0.3) is 0 Å². The molecule has 1 heterocycles. The zero-order valence-corrected chi connectivity index (χ0v) is 12.7. The number of hydrogen-bond acceptors (Lipinski definition) is 6. The minimum absolute atomic E-state index is 0.108. The third-order valence-electron chi connectivity index (χ3n) is 3.78. The standard InChI is InChI=1S/C13H22N4OS/c1-5-14-10-7-11(17-12(16-10)19-4)15-8-6-9(18)13(8,2)3/h7-9,18H,5-6H2,1-4H3,(H2,14,15,16,17). The maximum absolute atomic E-state index is 9.77. The van der Waals surface area contributed by atoms with Crippen LogP contribution in [0.3, 0.4) is 0 Å². The molecular weight excluding hydrogens is 260 g/mol. The third kappa shape index (κ3) is 2.95. The van der Waals surface area contributed by atoms with Crippen LogP contribution in [0, 0.1) is 5.41 Å². The lowest BCUT2D eigenvalue weighted by molar-refractivity contribution is -0.0511. The van der Waals surface area contributed by atoms with Crippen LogP contribution in [0.1, 0.15) is 27.2 Å². The molecule has 1 fully saturated rings. The van der Waals surface area contributed by atoms with Crippen molar-refractivity contribution in [1.29, 1.82) is 0 Å². The fraction of sp³-hybridized carbons (Fsp3) is 0.692. The summed E-state index contributed by atoms with van der Waals surface area (Å²) < 4.78 is 0. The number of hydrogen-bond donors (Lipinski definition) is 3. The Labute approximate surface area is 118 Å². The number of rotatable bonds is 5. The molecular formula is C13H22N4OS. The molecule has 3 N–H and O–H groups in total. The lowest BCUT2D eigenvalue weighted by Gasteiger charge is -2.49. The van der Waals surface area contributed by atoms with E-state index in [1.807, 2.05) is 19.2 Å². The van der Waals surface area contributed by atoms with Gasteiger partial charge in [0.1, 0.15) is 11.6 Å². The van der Waals surface area contributed by atoms with E-state index >= 15 is 0 Å². The van der Waals surface area contributed by atoms with E-state index in [0.29, 0.717) is 0 Å². The molecule has 0 radical (unpaired) electrons. The van der Waals surface area contributed by atoms with Gasteiger partial charge >= 0.3 is 0 Å². The molecule has 1 aromatic heterocycles. The first kappa shape index (κ1) is 14.4. The van der Waals surface area contributed by atoms with Gasteiger partial charge in [0.15, 0.2) is 5.16 Å². The van der Waals surface area contributed by atoms with Crippen LogP contribution in [0.15, 0.2) is 11.2 Å². The molecule has 106 valence electrons. The van der Waals surface area contributed by atoms with Gasteiger partial charge in [-0.15, -0.1) is 0 Å². The maximum Gasteiger partial charge on any atom is 0.191 e. The highest BCUT2D eigenvalue weighted by atomic mass is 32.2. The van der Waals surface area contributed by atoms with Gasteiger partial charge in [-0.25, -0.2) is 9.97 Å². The van der Waals surface area contributed by atoms with Gasteiger partial charge in [-0.05, 0) is 19.6 Å². The highest BCUT2D eigenvalue weighted by Crippen LogP contribution is 2.42. The van der Waals surface area contributed by atoms with Crippen LogP contribution in [-0.4, -0.2) is 40.0 Å². The summed E-state index contributed by atoms with van der Waals surface area (Å²) in [5.74, 6) is 1.65. The molecule has 2 atom stereocenters. The Kier molecular flexibility index (Phi) is 4.20. The molecule has 19 heavy (non-hydrogen) atoms. The van der Waals surface area contributed by atoms with Gasteiger partial charge in [0.2, 0.25) is 0 Å². The number of aromatic nitrogens is 2. The van der Waals surface area contributed by atoms with Crippen LogP contribution in [-0.2, 0) is 0 Å². The summed E-state index contributed by atoms with van der Waals surface area (Å²) >= 11 is 1.52. The van der Waals surface area contributed by atoms with Gasteiger partial charge in [0.25, 0.3) is 0 Å². The smallest absolute Gasteiger partial charge is 0.191 e. The number of nitrogens with zero attached hydrogens (tertiary/aromatic N) is 2. The Hall–Kier alpha value is -1.01. The highest BCUT2D eigenvalue weighted by molar-refractivity contribution is 7.98. The number of thioether (sulfide) groups is 1. The highest BCUT2D eigenvalue weighted by Gasteiger charge is 2.47. The van der Waals surface area contributed by atoms with E-state index in [1.165, 1.54) is 11.8 Å². The predicted molar refractivity (Wildman–Crippen MR) is 79.8 cm³/mol. The molecule has 0 aromatic carbocycles. The Balaban J connectivity index is 2.13. The zero-order valence-electron chi connectivity index (χ0n) is 11.9. The number of anilines is 2. The molecule has 6 heteroatoms. The summed E-state index contributed by atoms with van der Waals surface area (Å²) in [6.07, 6.45) is 2.49. The average Bonchev–Trinajstić information content (AvgIpc) is 2.38. The van der Waals surface area contributed by atoms with Crippen molar-refractivity contribution >= 4 is 23.4 Å². The molecule has 5 nitrogen and oxygen atoms in total. The third-order valence-corrected chi connectivity index (χ3v) is 4.33. The van der Waals surface area contributed by atoms with E-state index in [9.17, 15) is 5.11 Å². The van der Waals surface area contributed by atoms with Gasteiger partial charge in [0.05, 0.1) is 6.10 Å². The van der Waals surface area contributed by atoms with Crippen molar-refractivity contribution in [3.63, 3.8) is 0 Å². The number of aliphatic hydroxyl groups excluding tert-OH is 1. The van der Waals surface area contributed by atoms with Crippen molar-refractivity contribution in [3.05, 3.63) is 6.07 Å². The van der Waals surface area contributed by atoms with Crippen LogP contribution in [0.2, 0.25) is 0 Å². The first-order valence-corrected chi connectivity index (χ1v) is 7.81. The van der Waals surface area contributed by atoms with Crippen LogP contribution in [0.5, 0.6) is 0 Å². The lowest BCUT2D eigenvalue weighted by atomic mass is 9.64. The quantitative estimate of drug-likeness (QED) is 0.568. The van der Waals surface area contributed by atoms with Gasteiger partial charge in [-0.2, -0.15) is 0 Å². The minimum atomic E-state index is -0.236. The SMILES string of the molecule is CCNc1cc(NC2CC(O)C2(C)C)nc(SC)n1. The summed E-state index contributed by atoms with van der Waals surface area (Å²) in [6, 6.07) is 2.17. The molecule has 1 aliphatic rings. The molecule has 0 saturated heterocycles.